The van der Waals surface area contributed by atoms with Gasteiger partial charge in [0.1, 0.15) is 5.01 Å². The van der Waals surface area contributed by atoms with Crippen LogP contribution in [0.25, 0.3) is 10.6 Å². The quantitative estimate of drug-likeness (QED) is 0.724. The molecule has 0 bridgehead atoms. The predicted molar refractivity (Wildman–Crippen MR) is 99.3 cm³/mol. The molecule has 3 nitrogen and oxygen atoms in total. The van der Waals surface area contributed by atoms with Gasteiger partial charge >= 0.3 is 0 Å². The van der Waals surface area contributed by atoms with Gasteiger partial charge in [0.25, 0.3) is 0 Å². The second-order valence-corrected chi connectivity index (χ2v) is 6.99. The topological polar surface area (TPSA) is 42.0 Å². The van der Waals surface area contributed by atoms with Crippen molar-refractivity contribution in [1.82, 2.24) is 10.3 Å². The number of aryl methyl sites for hydroxylation is 1. The van der Waals surface area contributed by atoms with Crippen LogP contribution in [0.15, 0.2) is 54.6 Å². The van der Waals surface area contributed by atoms with Gasteiger partial charge < -0.3 is 5.32 Å². The molecule has 0 fully saturated rings. The molecule has 3 aromatic rings. The van der Waals surface area contributed by atoms with Crippen molar-refractivity contribution in [2.45, 2.75) is 19.9 Å². The maximum atomic E-state index is 12.1. The summed E-state index contributed by atoms with van der Waals surface area (Å²) in [5.41, 5.74) is 3.01. The van der Waals surface area contributed by atoms with E-state index < -0.39 is 0 Å². The van der Waals surface area contributed by atoms with E-state index in [0.717, 1.165) is 26.7 Å². The molecule has 24 heavy (non-hydrogen) atoms. The summed E-state index contributed by atoms with van der Waals surface area (Å²) >= 11 is 7.47. The number of nitrogens with one attached hydrogen (secondary N) is 1. The Morgan fingerprint density at radius 2 is 1.83 bits per heavy atom. The number of carbonyl (C=O) groups excluding carboxylic acids is 1. The molecule has 0 unspecified atom stereocenters. The summed E-state index contributed by atoms with van der Waals surface area (Å²) in [5, 5.41) is 4.62. The van der Waals surface area contributed by atoms with Gasteiger partial charge in [0.2, 0.25) is 5.91 Å². The summed E-state index contributed by atoms with van der Waals surface area (Å²) in [6.07, 6.45) is 0.348. The van der Waals surface area contributed by atoms with Gasteiger partial charge in [0.15, 0.2) is 0 Å². The Bertz CT molecular complexity index is 828. The van der Waals surface area contributed by atoms with Crippen LogP contribution in [-0.4, -0.2) is 10.9 Å². The highest BCUT2D eigenvalue weighted by molar-refractivity contribution is 7.15. The van der Waals surface area contributed by atoms with Crippen LogP contribution in [0.1, 0.15) is 16.1 Å². The van der Waals surface area contributed by atoms with E-state index in [1.165, 1.54) is 0 Å². The standard InChI is InChI=1S/C19H17ClN2OS/c1-13-17(24-19(22-13)15-5-3-2-4-6-15)12-21-18(23)11-14-7-9-16(20)10-8-14/h2-10H,11-12H2,1H3,(H,21,23). The lowest BCUT2D eigenvalue weighted by atomic mass is 10.1. The number of amides is 1. The minimum Gasteiger partial charge on any atom is -0.351 e. The molecule has 0 saturated carbocycles. The summed E-state index contributed by atoms with van der Waals surface area (Å²) in [6, 6.07) is 17.4. The monoisotopic (exact) mass is 356 g/mol. The first-order valence-corrected chi connectivity index (χ1v) is 8.84. The van der Waals surface area contributed by atoms with Crippen LogP contribution in [0.5, 0.6) is 0 Å². The van der Waals surface area contributed by atoms with Gasteiger partial charge in [-0.3, -0.25) is 4.79 Å². The number of halogens is 1. The maximum absolute atomic E-state index is 12.1. The molecule has 122 valence electrons. The van der Waals surface area contributed by atoms with E-state index in [-0.39, 0.29) is 5.91 Å². The average molecular weight is 357 g/mol. The van der Waals surface area contributed by atoms with E-state index in [1.54, 1.807) is 23.5 Å². The number of rotatable bonds is 5. The zero-order valence-corrected chi connectivity index (χ0v) is 14.8. The zero-order valence-electron chi connectivity index (χ0n) is 13.3. The van der Waals surface area contributed by atoms with E-state index in [9.17, 15) is 4.79 Å². The van der Waals surface area contributed by atoms with Crippen LogP contribution in [0, 0.1) is 6.92 Å². The molecular formula is C19H17ClN2OS. The summed E-state index contributed by atoms with van der Waals surface area (Å²) in [6.45, 7) is 2.48. The van der Waals surface area contributed by atoms with Gasteiger partial charge in [-0.1, -0.05) is 54.1 Å². The van der Waals surface area contributed by atoms with Gasteiger partial charge in [-0.25, -0.2) is 4.98 Å². The lowest BCUT2D eigenvalue weighted by molar-refractivity contribution is -0.120. The van der Waals surface area contributed by atoms with E-state index in [0.29, 0.717) is 18.0 Å². The SMILES string of the molecule is Cc1nc(-c2ccccc2)sc1CNC(=O)Cc1ccc(Cl)cc1. The summed E-state index contributed by atoms with van der Waals surface area (Å²) in [5.74, 6) is -0.00798. The summed E-state index contributed by atoms with van der Waals surface area (Å²) < 4.78 is 0. The molecule has 1 N–H and O–H groups in total. The largest absolute Gasteiger partial charge is 0.351 e. The number of carbonyl (C=O) groups is 1. The Hall–Kier alpha value is -2.17. The van der Waals surface area contributed by atoms with Crippen molar-refractivity contribution in [2.75, 3.05) is 0 Å². The molecule has 0 spiro atoms. The first kappa shape index (κ1) is 16.7. The Morgan fingerprint density at radius 1 is 1.12 bits per heavy atom. The molecule has 3 rings (SSSR count). The molecule has 1 amide bonds. The van der Waals surface area contributed by atoms with Gasteiger partial charge in [-0.05, 0) is 24.6 Å². The Labute approximate surface area is 150 Å². The van der Waals surface area contributed by atoms with E-state index in [2.05, 4.69) is 10.3 Å². The van der Waals surface area contributed by atoms with Crippen LogP contribution >= 0.6 is 22.9 Å². The third kappa shape index (κ3) is 4.22. The smallest absolute Gasteiger partial charge is 0.224 e. The van der Waals surface area contributed by atoms with Gasteiger partial charge in [0.05, 0.1) is 18.7 Å². The van der Waals surface area contributed by atoms with Crippen molar-refractivity contribution < 1.29 is 4.79 Å². The number of benzene rings is 2. The van der Waals surface area contributed by atoms with Crippen molar-refractivity contribution in [2.24, 2.45) is 0 Å². The van der Waals surface area contributed by atoms with Crippen molar-refractivity contribution in [3.63, 3.8) is 0 Å². The highest BCUT2D eigenvalue weighted by Crippen LogP contribution is 2.27. The van der Waals surface area contributed by atoms with Crippen LogP contribution in [-0.2, 0) is 17.8 Å². The van der Waals surface area contributed by atoms with Crippen molar-refractivity contribution >= 4 is 28.8 Å². The van der Waals surface area contributed by atoms with E-state index >= 15 is 0 Å². The van der Waals surface area contributed by atoms with Crippen LogP contribution in [0.3, 0.4) is 0 Å². The Balaban J connectivity index is 1.61. The van der Waals surface area contributed by atoms with Crippen molar-refractivity contribution in [1.29, 1.82) is 0 Å². The third-order valence-corrected chi connectivity index (χ3v) is 5.10. The molecule has 5 heteroatoms. The predicted octanol–water partition coefficient (Wildman–Crippen LogP) is 4.63. The molecule has 0 radical (unpaired) electrons. The molecule has 0 atom stereocenters. The van der Waals surface area contributed by atoms with Crippen LogP contribution in [0.2, 0.25) is 5.02 Å². The molecule has 0 aliphatic heterocycles. The normalized spacial score (nSPS) is 10.6. The second kappa shape index (κ2) is 7.60. The lowest BCUT2D eigenvalue weighted by Crippen LogP contribution is -2.24. The fraction of sp³-hybridized carbons (Fsp3) is 0.158. The third-order valence-electron chi connectivity index (χ3n) is 3.64. The van der Waals surface area contributed by atoms with E-state index in [1.807, 2.05) is 49.4 Å². The molecule has 2 aromatic carbocycles. The minimum atomic E-state index is -0.00798. The van der Waals surface area contributed by atoms with Crippen molar-refractivity contribution in [3.8, 4) is 10.6 Å². The molecule has 0 aliphatic rings. The summed E-state index contributed by atoms with van der Waals surface area (Å²) in [4.78, 5) is 17.8. The number of thiazole rings is 1. The van der Waals surface area contributed by atoms with Gasteiger partial charge in [0, 0.05) is 15.5 Å². The fourth-order valence-electron chi connectivity index (χ4n) is 2.33. The van der Waals surface area contributed by atoms with Gasteiger partial charge in [-0.15, -0.1) is 11.3 Å². The highest BCUT2D eigenvalue weighted by Gasteiger charge is 2.10. The number of hydrogen-bond donors (Lipinski definition) is 1. The zero-order chi connectivity index (χ0) is 16.9. The first-order chi connectivity index (χ1) is 11.6. The molecular weight excluding hydrogens is 340 g/mol. The molecule has 1 aromatic heterocycles. The highest BCUT2D eigenvalue weighted by atomic mass is 35.5. The first-order valence-electron chi connectivity index (χ1n) is 7.64. The average Bonchev–Trinajstić information content (AvgIpc) is 2.97. The second-order valence-electron chi connectivity index (χ2n) is 5.47. The van der Waals surface area contributed by atoms with Crippen molar-refractivity contribution in [3.05, 3.63) is 75.8 Å². The van der Waals surface area contributed by atoms with Crippen LogP contribution in [0.4, 0.5) is 0 Å². The summed E-state index contributed by atoms with van der Waals surface area (Å²) in [7, 11) is 0. The molecule has 0 aliphatic carbocycles. The molecule has 1 heterocycles. The Morgan fingerprint density at radius 3 is 2.54 bits per heavy atom. The number of hydrogen-bond acceptors (Lipinski definition) is 3. The number of aromatic nitrogens is 1. The number of nitrogens with zero attached hydrogens (tertiary/aromatic N) is 1. The molecule has 0 saturated heterocycles. The Kier molecular flexibility index (Phi) is 5.28. The lowest BCUT2D eigenvalue weighted by Gasteiger charge is -2.04. The maximum Gasteiger partial charge on any atom is 0.224 e. The van der Waals surface area contributed by atoms with Gasteiger partial charge in [-0.2, -0.15) is 0 Å². The van der Waals surface area contributed by atoms with Crippen LogP contribution < -0.4 is 5.32 Å². The fourth-order valence-corrected chi connectivity index (χ4v) is 3.46. The van der Waals surface area contributed by atoms with E-state index in [4.69, 9.17) is 11.6 Å². The minimum absolute atomic E-state index is 0.00798.